The van der Waals surface area contributed by atoms with Gasteiger partial charge in [-0.1, -0.05) is 48.5 Å². The normalized spacial score (nSPS) is 18.4. The second-order valence-corrected chi connectivity index (χ2v) is 10.4. The molecule has 1 amide bonds. The summed E-state index contributed by atoms with van der Waals surface area (Å²) in [5.41, 5.74) is -0.796. The fraction of sp³-hybridized carbons (Fsp3) is 0.393. The maximum Gasteiger partial charge on any atom is 0.419 e. The van der Waals surface area contributed by atoms with Gasteiger partial charge in [-0.25, -0.2) is 9.59 Å². The molecule has 3 aromatic rings. The highest BCUT2D eigenvalue weighted by atomic mass is 16.6. The van der Waals surface area contributed by atoms with Crippen molar-refractivity contribution >= 4 is 28.9 Å². The zero-order chi connectivity index (χ0) is 27.7. The molecular formula is C28H31N3O7. The van der Waals surface area contributed by atoms with Gasteiger partial charge in [0.15, 0.2) is 5.54 Å². The van der Waals surface area contributed by atoms with E-state index in [1.165, 1.54) is 22.8 Å². The first kappa shape index (κ1) is 26.8. The second-order valence-electron chi connectivity index (χ2n) is 10.4. The average Bonchev–Trinajstić information content (AvgIpc) is 3.41. The summed E-state index contributed by atoms with van der Waals surface area (Å²) in [7, 11) is 1.21. The molecule has 0 spiro atoms. The molecular weight excluding hydrogens is 490 g/mol. The molecule has 0 aliphatic carbocycles. The van der Waals surface area contributed by atoms with Crippen LogP contribution in [0.15, 0.2) is 60.8 Å². The zero-order valence-electron chi connectivity index (χ0n) is 21.9. The molecule has 0 bridgehead atoms. The van der Waals surface area contributed by atoms with Crippen molar-refractivity contribution in [2.45, 2.75) is 57.2 Å². The summed E-state index contributed by atoms with van der Waals surface area (Å²) in [5.74, 6) is -2.14. The monoisotopic (exact) mass is 521 g/mol. The topological polar surface area (TPSA) is 121 Å². The number of nitrogens with zero attached hydrogens (tertiary/aromatic N) is 3. The van der Waals surface area contributed by atoms with Crippen molar-refractivity contribution in [2.75, 3.05) is 13.7 Å². The van der Waals surface area contributed by atoms with Gasteiger partial charge in [0, 0.05) is 29.5 Å². The Morgan fingerprint density at radius 1 is 1.11 bits per heavy atom. The molecule has 4 rings (SSSR count). The van der Waals surface area contributed by atoms with Gasteiger partial charge in [-0.05, 0) is 44.4 Å². The van der Waals surface area contributed by atoms with Gasteiger partial charge in [0.1, 0.15) is 5.60 Å². The highest BCUT2D eigenvalue weighted by Gasteiger charge is 2.59. The molecule has 10 heteroatoms. The van der Waals surface area contributed by atoms with Gasteiger partial charge in [-0.2, -0.15) is 0 Å². The van der Waals surface area contributed by atoms with E-state index in [2.05, 4.69) is 0 Å². The molecule has 1 aliphatic rings. The van der Waals surface area contributed by atoms with Gasteiger partial charge in [-0.3, -0.25) is 19.5 Å². The SMILES string of the molecule is COC(=O)[C@]1([C@@H](C[N+](=O)[O-])c2cn(C(=O)OC(C)(C)C)c3ccccc23)CCC(=O)N1Cc1ccccc1. The highest BCUT2D eigenvalue weighted by molar-refractivity contribution is 5.96. The van der Waals surface area contributed by atoms with Crippen molar-refractivity contribution in [1.29, 1.82) is 0 Å². The fourth-order valence-corrected chi connectivity index (χ4v) is 5.28. The quantitative estimate of drug-likeness (QED) is 0.255. The van der Waals surface area contributed by atoms with E-state index in [1.807, 2.05) is 30.3 Å². The molecule has 0 N–H and O–H groups in total. The van der Waals surface area contributed by atoms with E-state index >= 15 is 0 Å². The van der Waals surface area contributed by atoms with Gasteiger partial charge < -0.3 is 14.4 Å². The van der Waals surface area contributed by atoms with Crippen LogP contribution in [0.3, 0.4) is 0 Å². The van der Waals surface area contributed by atoms with Crippen LogP contribution in [0.25, 0.3) is 10.9 Å². The Bertz CT molecular complexity index is 1380. The molecule has 1 aliphatic heterocycles. The third-order valence-corrected chi connectivity index (χ3v) is 6.84. The van der Waals surface area contributed by atoms with E-state index in [1.54, 1.807) is 45.0 Å². The van der Waals surface area contributed by atoms with E-state index in [-0.39, 0.29) is 25.3 Å². The summed E-state index contributed by atoms with van der Waals surface area (Å²) in [6, 6.07) is 16.1. The summed E-state index contributed by atoms with van der Waals surface area (Å²) >= 11 is 0. The number of hydrogen-bond acceptors (Lipinski definition) is 7. The summed E-state index contributed by atoms with van der Waals surface area (Å²) in [4.78, 5) is 52.9. The minimum atomic E-state index is -1.66. The van der Waals surface area contributed by atoms with Crippen LogP contribution in [0.5, 0.6) is 0 Å². The Balaban J connectivity index is 1.93. The summed E-state index contributed by atoms with van der Waals surface area (Å²) in [6.45, 7) is 4.64. The minimum Gasteiger partial charge on any atom is -0.467 e. The molecule has 2 aromatic carbocycles. The van der Waals surface area contributed by atoms with Crippen molar-refractivity contribution in [3.8, 4) is 0 Å². The van der Waals surface area contributed by atoms with Crippen molar-refractivity contribution in [3.05, 3.63) is 82.0 Å². The largest absolute Gasteiger partial charge is 0.467 e. The summed E-state index contributed by atoms with van der Waals surface area (Å²) in [6.07, 6.45) is 0.896. The van der Waals surface area contributed by atoms with Gasteiger partial charge in [0.25, 0.3) is 0 Å². The van der Waals surface area contributed by atoms with Crippen LogP contribution in [0.4, 0.5) is 4.79 Å². The number of ether oxygens (including phenoxy) is 2. The van der Waals surface area contributed by atoms with Gasteiger partial charge in [0.2, 0.25) is 12.5 Å². The molecule has 1 saturated heterocycles. The van der Waals surface area contributed by atoms with Crippen LogP contribution < -0.4 is 0 Å². The first-order valence-corrected chi connectivity index (χ1v) is 12.4. The van der Waals surface area contributed by atoms with Crippen molar-refractivity contribution in [3.63, 3.8) is 0 Å². The molecule has 2 atom stereocenters. The third-order valence-electron chi connectivity index (χ3n) is 6.84. The third kappa shape index (κ3) is 4.98. The lowest BCUT2D eigenvalue weighted by Crippen LogP contribution is -2.57. The fourth-order valence-electron chi connectivity index (χ4n) is 5.28. The molecule has 0 radical (unpaired) electrons. The first-order chi connectivity index (χ1) is 18.0. The van der Waals surface area contributed by atoms with Crippen LogP contribution in [-0.4, -0.2) is 57.2 Å². The number of hydrogen-bond donors (Lipinski definition) is 0. The van der Waals surface area contributed by atoms with E-state index in [0.29, 0.717) is 16.5 Å². The smallest absolute Gasteiger partial charge is 0.419 e. The summed E-state index contributed by atoms with van der Waals surface area (Å²) in [5, 5.41) is 12.6. The van der Waals surface area contributed by atoms with Gasteiger partial charge in [0.05, 0.1) is 18.5 Å². The van der Waals surface area contributed by atoms with Crippen LogP contribution in [0.2, 0.25) is 0 Å². The predicted octanol–water partition coefficient (Wildman–Crippen LogP) is 4.52. The van der Waals surface area contributed by atoms with E-state index < -0.39 is 40.6 Å². The lowest BCUT2D eigenvalue weighted by Gasteiger charge is -2.40. The minimum absolute atomic E-state index is 0.0286. The van der Waals surface area contributed by atoms with Crippen molar-refractivity contribution in [1.82, 2.24) is 9.47 Å². The Hall–Kier alpha value is -4.21. The number of para-hydroxylation sites is 1. The van der Waals surface area contributed by atoms with Crippen LogP contribution in [0.1, 0.15) is 50.7 Å². The van der Waals surface area contributed by atoms with Crippen molar-refractivity contribution in [2.24, 2.45) is 0 Å². The molecule has 10 nitrogen and oxygen atoms in total. The van der Waals surface area contributed by atoms with Crippen LogP contribution in [-0.2, 0) is 25.6 Å². The Morgan fingerprint density at radius 2 is 1.76 bits per heavy atom. The zero-order valence-corrected chi connectivity index (χ0v) is 21.9. The number of likely N-dealkylation sites (tertiary alicyclic amines) is 1. The van der Waals surface area contributed by atoms with Gasteiger partial charge in [-0.15, -0.1) is 0 Å². The molecule has 200 valence electrons. The molecule has 38 heavy (non-hydrogen) atoms. The number of benzene rings is 2. The molecule has 0 unspecified atom stereocenters. The highest BCUT2D eigenvalue weighted by Crippen LogP contribution is 2.46. The molecule has 1 fully saturated rings. The number of rotatable bonds is 7. The number of carbonyl (C=O) groups is 3. The maximum atomic E-state index is 13.6. The molecule has 0 saturated carbocycles. The van der Waals surface area contributed by atoms with Gasteiger partial charge >= 0.3 is 12.1 Å². The second kappa shape index (κ2) is 10.3. The number of nitro groups is 1. The van der Waals surface area contributed by atoms with E-state index in [9.17, 15) is 24.5 Å². The number of aromatic nitrogens is 1. The Labute approximate surface area is 220 Å². The Morgan fingerprint density at radius 3 is 2.39 bits per heavy atom. The van der Waals surface area contributed by atoms with Crippen LogP contribution >= 0.6 is 0 Å². The first-order valence-electron chi connectivity index (χ1n) is 12.4. The summed E-state index contributed by atoms with van der Waals surface area (Å²) < 4.78 is 12.1. The lowest BCUT2D eigenvalue weighted by atomic mass is 9.76. The number of methoxy groups -OCH3 is 1. The Kier molecular flexibility index (Phi) is 7.26. The number of carbonyl (C=O) groups excluding carboxylic acids is 3. The molecule has 1 aromatic heterocycles. The van der Waals surface area contributed by atoms with Crippen LogP contribution in [0, 0.1) is 10.1 Å². The van der Waals surface area contributed by atoms with E-state index in [0.717, 1.165) is 5.56 Å². The standard InChI is InChI=1S/C28H31N3O7/c1-27(2,3)38-26(34)29-17-21(20-12-8-9-13-23(20)29)22(18-31(35)36)28(25(33)37-4)15-14-24(32)30(28)16-19-10-6-5-7-11-19/h5-13,17,22H,14-16,18H2,1-4H3/t22-,28+/m0/s1. The number of fused-ring (bicyclic) bond motifs is 1. The maximum absolute atomic E-state index is 13.6. The number of amides is 1. The average molecular weight is 522 g/mol. The van der Waals surface area contributed by atoms with E-state index in [4.69, 9.17) is 9.47 Å². The lowest BCUT2D eigenvalue weighted by molar-refractivity contribution is -0.485. The molecule has 2 heterocycles. The number of esters is 1. The van der Waals surface area contributed by atoms with Crippen molar-refractivity contribution < 1.29 is 28.8 Å². The predicted molar refractivity (Wildman–Crippen MR) is 139 cm³/mol.